The van der Waals surface area contributed by atoms with Crippen molar-refractivity contribution in [3.05, 3.63) is 12.2 Å². The zero-order chi connectivity index (χ0) is 13.8. The van der Waals surface area contributed by atoms with Gasteiger partial charge in [0.2, 0.25) is 0 Å². The number of fused-ring (bicyclic) bond motifs is 1. The monoisotopic (exact) mass is 295 g/mol. The topological polar surface area (TPSA) is 50.1 Å². The van der Waals surface area contributed by atoms with Crippen LogP contribution in [-0.4, -0.2) is 50.2 Å². The fourth-order valence-corrected chi connectivity index (χ4v) is 3.24. The van der Waals surface area contributed by atoms with Gasteiger partial charge in [0.15, 0.2) is 5.11 Å². The minimum Gasteiger partial charge on any atom is -0.370 e. The highest BCUT2D eigenvalue weighted by molar-refractivity contribution is 7.80. The number of hydrogen-bond donors (Lipinski definition) is 3. The summed E-state index contributed by atoms with van der Waals surface area (Å²) in [5.41, 5.74) is 4.25. The van der Waals surface area contributed by atoms with Crippen molar-refractivity contribution in [1.29, 1.82) is 0 Å². The van der Waals surface area contributed by atoms with Crippen molar-refractivity contribution in [3.8, 4) is 0 Å². The van der Waals surface area contributed by atoms with Crippen LogP contribution in [0.1, 0.15) is 12.8 Å². The molecule has 2 fully saturated rings. The molecule has 0 aromatic carbocycles. The predicted octanol–water partition coefficient (Wildman–Crippen LogP) is -0.682. The molecule has 3 aliphatic rings. The second-order valence-electron chi connectivity index (χ2n) is 5.72. The van der Waals surface area contributed by atoms with E-state index >= 15 is 0 Å². The van der Waals surface area contributed by atoms with E-state index in [1.807, 2.05) is 0 Å². The summed E-state index contributed by atoms with van der Waals surface area (Å²) in [7, 11) is 0. The Kier molecular flexibility index (Phi) is 4.65. The Labute approximate surface area is 125 Å². The second kappa shape index (κ2) is 6.65. The summed E-state index contributed by atoms with van der Waals surface area (Å²) in [6.07, 6.45) is 6.81. The van der Waals surface area contributed by atoms with Gasteiger partial charge in [0.05, 0.1) is 26.3 Å². The Morgan fingerprint density at radius 2 is 2.30 bits per heavy atom. The normalized spacial score (nSPS) is 30.9. The first-order valence-electron chi connectivity index (χ1n) is 7.51. The Balaban J connectivity index is 1.30. The van der Waals surface area contributed by atoms with Crippen LogP contribution in [0.15, 0.2) is 17.3 Å². The van der Waals surface area contributed by atoms with E-state index in [1.165, 1.54) is 5.71 Å². The van der Waals surface area contributed by atoms with Crippen LogP contribution in [0.3, 0.4) is 0 Å². The summed E-state index contributed by atoms with van der Waals surface area (Å²) in [5, 5.41) is 8.30. The van der Waals surface area contributed by atoms with E-state index in [-0.39, 0.29) is 0 Å². The van der Waals surface area contributed by atoms with E-state index in [0.29, 0.717) is 11.0 Å². The van der Waals surface area contributed by atoms with Gasteiger partial charge >= 0.3 is 0 Å². The number of allylic oxidation sites excluding steroid dienone is 2. The zero-order valence-corrected chi connectivity index (χ0v) is 12.5. The summed E-state index contributed by atoms with van der Waals surface area (Å²) in [5.74, 6) is 1.38. The van der Waals surface area contributed by atoms with Crippen molar-refractivity contribution in [3.63, 3.8) is 0 Å². The molecule has 3 N–H and O–H groups in total. The van der Waals surface area contributed by atoms with Gasteiger partial charge in [-0.25, -0.2) is 0 Å². The van der Waals surface area contributed by atoms with Crippen molar-refractivity contribution in [2.24, 2.45) is 16.9 Å². The smallest absolute Gasteiger partial charge is 0.187 e. The second-order valence-corrected chi connectivity index (χ2v) is 6.13. The molecule has 0 unspecified atom stereocenters. The molecule has 0 radical (unpaired) electrons. The Morgan fingerprint density at radius 1 is 1.45 bits per heavy atom. The highest BCUT2D eigenvalue weighted by Crippen LogP contribution is 2.39. The lowest BCUT2D eigenvalue weighted by atomic mass is 9.74. The van der Waals surface area contributed by atoms with Crippen LogP contribution >= 0.6 is 12.2 Å². The van der Waals surface area contributed by atoms with Gasteiger partial charge in [0.1, 0.15) is 13.1 Å². The Bertz CT molecular complexity index is 417. The molecule has 0 spiro atoms. The highest BCUT2D eigenvalue weighted by atomic mass is 32.1. The number of nitrogens with zero attached hydrogens (tertiary/aromatic N) is 1. The third-order valence-electron chi connectivity index (χ3n) is 4.43. The maximum Gasteiger partial charge on any atom is 0.187 e. The van der Waals surface area contributed by atoms with E-state index in [4.69, 9.17) is 17.0 Å². The molecule has 1 saturated carbocycles. The molecule has 1 saturated heterocycles. The maximum absolute atomic E-state index is 5.34. The molecule has 5 nitrogen and oxygen atoms in total. The first kappa shape index (κ1) is 14.0. The standard InChI is InChI=1S/C14H22N4OS/c20-14(15-4-5-18-6-8-19-9-7-18)17-16-13-10-11-2-1-3-12(11)13/h1-2,11-12H,3-10H2,(H2,15,17,20)/p+1/b16-13-/t11-,12+/m0/s1. The van der Waals surface area contributed by atoms with Gasteiger partial charge in [-0.2, -0.15) is 5.10 Å². The summed E-state index contributed by atoms with van der Waals surface area (Å²) in [6.45, 7) is 5.92. The molecule has 1 heterocycles. The Morgan fingerprint density at radius 3 is 3.10 bits per heavy atom. The lowest BCUT2D eigenvalue weighted by molar-refractivity contribution is -0.906. The van der Waals surface area contributed by atoms with Crippen LogP contribution in [0.25, 0.3) is 0 Å². The molecule has 110 valence electrons. The fourth-order valence-electron chi connectivity index (χ4n) is 3.09. The van der Waals surface area contributed by atoms with Crippen molar-refractivity contribution in [2.75, 3.05) is 39.4 Å². The largest absolute Gasteiger partial charge is 0.370 e. The van der Waals surface area contributed by atoms with E-state index in [1.54, 1.807) is 4.90 Å². The van der Waals surface area contributed by atoms with Crippen molar-refractivity contribution in [1.82, 2.24) is 10.7 Å². The van der Waals surface area contributed by atoms with Crippen LogP contribution in [0.4, 0.5) is 0 Å². The molecule has 6 heteroatoms. The molecular weight excluding hydrogens is 272 g/mol. The third kappa shape index (κ3) is 3.37. The highest BCUT2D eigenvalue weighted by Gasteiger charge is 2.37. The number of ether oxygens (including phenoxy) is 1. The van der Waals surface area contributed by atoms with Gasteiger partial charge in [-0.3, -0.25) is 5.43 Å². The molecule has 1 aliphatic heterocycles. The van der Waals surface area contributed by atoms with Crippen LogP contribution in [0, 0.1) is 11.8 Å². The summed E-state index contributed by atoms with van der Waals surface area (Å²) < 4.78 is 5.34. The van der Waals surface area contributed by atoms with E-state index in [2.05, 4.69) is 28.0 Å². The molecule has 2 aliphatic carbocycles. The van der Waals surface area contributed by atoms with Crippen molar-refractivity contribution in [2.45, 2.75) is 12.8 Å². The number of morpholine rings is 1. The summed E-state index contributed by atoms with van der Waals surface area (Å²) in [4.78, 5) is 1.58. The first-order valence-corrected chi connectivity index (χ1v) is 7.92. The van der Waals surface area contributed by atoms with Crippen molar-refractivity contribution >= 4 is 23.0 Å². The maximum atomic E-state index is 5.34. The third-order valence-corrected chi connectivity index (χ3v) is 4.66. The van der Waals surface area contributed by atoms with E-state index in [0.717, 1.165) is 58.2 Å². The number of rotatable bonds is 4. The molecular formula is C14H23N4OS+. The average molecular weight is 295 g/mol. The molecule has 0 aromatic rings. The Hall–Kier alpha value is -0.980. The molecule has 0 aromatic heterocycles. The van der Waals surface area contributed by atoms with Gasteiger partial charge in [-0.05, 0) is 31.0 Å². The van der Waals surface area contributed by atoms with Gasteiger partial charge in [0, 0.05) is 11.6 Å². The van der Waals surface area contributed by atoms with Crippen molar-refractivity contribution < 1.29 is 9.64 Å². The van der Waals surface area contributed by atoms with Gasteiger partial charge in [-0.15, -0.1) is 0 Å². The molecule has 2 atom stereocenters. The first-order chi connectivity index (χ1) is 9.83. The number of nitrogens with one attached hydrogen (secondary N) is 3. The van der Waals surface area contributed by atoms with Gasteiger partial charge < -0.3 is 15.0 Å². The lowest BCUT2D eigenvalue weighted by Gasteiger charge is -2.32. The number of quaternary nitrogens is 1. The van der Waals surface area contributed by atoms with Gasteiger partial charge in [0.25, 0.3) is 0 Å². The number of thiocarbonyl (C=S) groups is 1. The molecule has 3 rings (SSSR count). The number of hydrogen-bond acceptors (Lipinski definition) is 3. The van der Waals surface area contributed by atoms with Crippen LogP contribution in [0.2, 0.25) is 0 Å². The molecule has 0 amide bonds. The minimum absolute atomic E-state index is 0.638. The van der Waals surface area contributed by atoms with Crippen LogP contribution in [0.5, 0.6) is 0 Å². The molecule has 20 heavy (non-hydrogen) atoms. The van der Waals surface area contributed by atoms with E-state index in [9.17, 15) is 0 Å². The lowest BCUT2D eigenvalue weighted by Crippen LogP contribution is -3.14. The van der Waals surface area contributed by atoms with Gasteiger partial charge in [-0.1, -0.05) is 12.2 Å². The fraction of sp³-hybridized carbons (Fsp3) is 0.714. The summed E-state index contributed by atoms with van der Waals surface area (Å²) in [6, 6.07) is 0. The SMILES string of the molecule is S=C(NCC[NH+]1CCOCC1)N/N=C1/C[C@@H]2C=CC[C@@H]12. The quantitative estimate of drug-likeness (QED) is 0.365. The molecule has 0 bridgehead atoms. The summed E-state index contributed by atoms with van der Waals surface area (Å²) >= 11 is 5.25. The van der Waals surface area contributed by atoms with E-state index < -0.39 is 0 Å². The average Bonchev–Trinajstić information content (AvgIpc) is 2.82. The number of hydrazone groups is 1. The van der Waals surface area contributed by atoms with Crippen LogP contribution < -0.4 is 15.6 Å². The predicted molar refractivity (Wildman–Crippen MR) is 82.9 cm³/mol. The zero-order valence-electron chi connectivity index (χ0n) is 11.7. The minimum atomic E-state index is 0.638. The van der Waals surface area contributed by atoms with Crippen LogP contribution in [-0.2, 0) is 4.74 Å².